The molecule has 1 fully saturated rings. The van der Waals surface area contributed by atoms with Gasteiger partial charge in [-0.2, -0.15) is 0 Å². The van der Waals surface area contributed by atoms with E-state index in [0.717, 1.165) is 5.76 Å². The van der Waals surface area contributed by atoms with Crippen LogP contribution in [-0.4, -0.2) is 42.0 Å². The number of halogens is 1. The zero-order valence-corrected chi connectivity index (χ0v) is 10.7. The summed E-state index contributed by atoms with van der Waals surface area (Å²) < 4.78 is 10.9. The molecule has 0 N–H and O–H groups in total. The van der Waals surface area contributed by atoms with Crippen LogP contribution >= 0.6 is 11.6 Å². The van der Waals surface area contributed by atoms with Crippen molar-refractivity contribution in [1.82, 2.24) is 4.90 Å². The molecule has 0 bridgehead atoms. The van der Waals surface area contributed by atoms with Gasteiger partial charge in [-0.15, -0.1) is 11.6 Å². The molecule has 1 aliphatic heterocycles. The molecule has 94 valence electrons. The zero-order valence-electron chi connectivity index (χ0n) is 9.98. The fourth-order valence-corrected chi connectivity index (χ4v) is 2.07. The molecule has 1 amide bonds. The molecule has 0 aliphatic carbocycles. The number of nitrogens with zero attached hydrogens (tertiary/aromatic N) is 1. The van der Waals surface area contributed by atoms with E-state index in [2.05, 4.69) is 0 Å². The predicted octanol–water partition coefficient (Wildman–Crippen LogP) is 2.06. The average Bonchev–Trinajstić information content (AvgIpc) is 2.76. The summed E-state index contributed by atoms with van der Waals surface area (Å²) in [5.41, 5.74) is 0. The lowest BCUT2D eigenvalue weighted by Gasteiger charge is -2.36. The number of hydrogen-bond acceptors (Lipinski definition) is 3. The molecule has 2 atom stereocenters. The molecule has 1 aromatic heterocycles. The van der Waals surface area contributed by atoms with Gasteiger partial charge >= 0.3 is 0 Å². The average molecular weight is 258 g/mol. The smallest absolute Gasteiger partial charge is 0.289 e. The minimum Gasteiger partial charge on any atom is -0.456 e. The summed E-state index contributed by atoms with van der Waals surface area (Å²) in [5.74, 6) is 1.42. The molecule has 1 saturated heterocycles. The summed E-state index contributed by atoms with van der Waals surface area (Å²) in [4.78, 5) is 14.0. The third-order valence-corrected chi connectivity index (χ3v) is 3.23. The highest BCUT2D eigenvalue weighted by Gasteiger charge is 2.31. The highest BCUT2D eigenvalue weighted by atomic mass is 35.5. The summed E-state index contributed by atoms with van der Waals surface area (Å²) in [6.45, 7) is 4.81. The molecule has 0 radical (unpaired) electrons. The molecule has 5 heteroatoms. The first-order valence-electron chi connectivity index (χ1n) is 5.66. The summed E-state index contributed by atoms with van der Waals surface area (Å²) in [5, 5.41) is 0. The van der Waals surface area contributed by atoms with Crippen LogP contribution in [0.1, 0.15) is 23.2 Å². The first-order chi connectivity index (χ1) is 8.11. The molecule has 0 spiro atoms. The number of ether oxygens (including phenoxy) is 1. The Labute approximate surface area is 105 Å². The van der Waals surface area contributed by atoms with Gasteiger partial charge < -0.3 is 14.1 Å². The van der Waals surface area contributed by atoms with Gasteiger partial charge in [0.15, 0.2) is 5.76 Å². The highest BCUT2D eigenvalue weighted by Crippen LogP contribution is 2.17. The quantitative estimate of drug-likeness (QED) is 0.762. The minimum atomic E-state index is -0.0935. The van der Waals surface area contributed by atoms with Crippen molar-refractivity contribution < 1.29 is 13.9 Å². The van der Waals surface area contributed by atoms with E-state index in [-0.39, 0.29) is 18.1 Å². The number of carbonyl (C=O) groups excluding carboxylic acids is 1. The van der Waals surface area contributed by atoms with Crippen LogP contribution in [0.3, 0.4) is 0 Å². The number of furan rings is 1. The Morgan fingerprint density at radius 1 is 1.59 bits per heavy atom. The molecule has 2 heterocycles. The van der Waals surface area contributed by atoms with E-state index < -0.39 is 0 Å². The number of alkyl halides is 1. The second-order valence-corrected chi connectivity index (χ2v) is 4.64. The molecule has 2 rings (SSSR count). The molecule has 1 aromatic rings. The fourth-order valence-electron chi connectivity index (χ4n) is 1.88. The van der Waals surface area contributed by atoms with Crippen molar-refractivity contribution >= 4 is 17.5 Å². The second kappa shape index (κ2) is 5.10. The molecule has 0 saturated carbocycles. The van der Waals surface area contributed by atoms with Gasteiger partial charge in [-0.05, 0) is 26.0 Å². The van der Waals surface area contributed by atoms with E-state index in [4.69, 9.17) is 20.8 Å². The molecule has 0 aromatic carbocycles. The monoisotopic (exact) mass is 257 g/mol. The van der Waals surface area contributed by atoms with Gasteiger partial charge in [-0.25, -0.2) is 0 Å². The van der Waals surface area contributed by atoms with Crippen LogP contribution in [0.25, 0.3) is 0 Å². The number of morpholine rings is 1. The van der Waals surface area contributed by atoms with Crippen molar-refractivity contribution in [1.29, 1.82) is 0 Å². The summed E-state index contributed by atoms with van der Waals surface area (Å²) in [6, 6.07) is 3.54. The standard InChI is InChI=1S/C12H16ClNO3/c1-8-7-16-10(5-13)6-14(8)12(15)11-4-3-9(2)17-11/h3-4,8,10H,5-7H2,1-2H3. The third-order valence-electron chi connectivity index (χ3n) is 2.89. The van der Waals surface area contributed by atoms with Gasteiger partial charge in [-0.1, -0.05) is 0 Å². The van der Waals surface area contributed by atoms with Gasteiger partial charge in [-0.3, -0.25) is 4.79 Å². The first kappa shape index (κ1) is 12.5. The number of carbonyl (C=O) groups is 1. The van der Waals surface area contributed by atoms with E-state index in [1.54, 1.807) is 17.0 Å². The van der Waals surface area contributed by atoms with Crippen LogP contribution in [0.4, 0.5) is 0 Å². The van der Waals surface area contributed by atoms with Crippen molar-refractivity contribution in [2.45, 2.75) is 26.0 Å². The Morgan fingerprint density at radius 2 is 2.35 bits per heavy atom. The number of amides is 1. The van der Waals surface area contributed by atoms with E-state index in [1.165, 1.54) is 0 Å². The molecule has 4 nitrogen and oxygen atoms in total. The maximum Gasteiger partial charge on any atom is 0.289 e. The van der Waals surface area contributed by atoms with Crippen molar-refractivity contribution in [3.63, 3.8) is 0 Å². The summed E-state index contributed by atoms with van der Waals surface area (Å²) in [6.07, 6.45) is -0.0899. The van der Waals surface area contributed by atoms with E-state index in [1.807, 2.05) is 13.8 Å². The first-order valence-corrected chi connectivity index (χ1v) is 6.20. The Morgan fingerprint density at radius 3 is 2.94 bits per heavy atom. The van der Waals surface area contributed by atoms with Gasteiger partial charge in [0.1, 0.15) is 5.76 Å². The number of hydrogen-bond donors (Lipinski definition) is 0. The Bertz CT molecular complexity index is 404. The number of rotatable bonds is 2. The lowest BCUT2D eigenvalue weighted by molar-refractivity contribution is -0.0381. The van der Waals surface area contributed by atoms with Gasteiger partial charge in [0, 0.05) is 6.54 Å². The van der Waals surface area contributed by atoms with Gasteiger partial charge in [0.05, 0.1) is 24.6 Å². The van der Waals surface area contributed by atoms with E-state index in [9.17, 15) is 4.79 Å². The molecule has 1 aliphatic rings. The van der Waals surface area contributed by atoms with Crippen LogP contribution in [-0.2, 0) is 4.74 Å². The lowest BCUT2D eigenvalue weighted by Crippen LogP contribution is -2.51. The topological polar surface area (TPSA) is 42.7 Å². The molecule has 17 heavy (non-hydrogen) atoms. The minimum absolute atomic E-state index is 0.0485. The largest absolute Gasteiger partial charge is 0.456 e. The maximum atomic E-state index is 12.2. The zero-order chi connectivity index (χ0) is 12.4. The number of aryl methyl sites for hydroxylation is 1. The normalized spacial score (nSPS) is 25.0. The van der Waals surface area contributed by atoms with Gasteiger partial charge in [0.2, 0.25) is 0 Å². The Balaban J connectivity index is 2.12. The maximum absolute atomic E-state index is 12.2. The highest BCUT2D eigenvalue weighted by molar-refractivity contribution is 6.18. The summed E-state index contributed by atoms with van der Waals surface area (Å²) in [7, 11) is 0. The fraction of sp³-hybridized carbons (Fsp3) is 0.583. The molecular formula is C12H16ClNO3. The van der Waals surface area contributed by atoms with E-state index >= 15 is 0 Å². The Hall–Kier alpha value is -1.00. The third kappa shape index (κ3) is 2.64. The predicted molar refractivity (Wildman–Crippen MR) is 64.4 cm³/mol. The lowest BCUT2D eigenvalue weighted by atomic mass is 10.2. The SMILES string of the molecule is Cc1ccc(C(=O)N2CC(CCl)OCC2C)o1. The molecule has 2 unspecified atom stereocenters. The van der Waals surface area contributed by atoms with Crippen LogP contribution in [0.5, 0.6) is 0 Å². The van der Waals surface area contributed by atoms with Crippen LogP contribution in [0, 0.1) is 6.92 Å². The van der Waals surface area contributed by atoms with Crippen LogP contribution in [0.15, 0.2) is 16.5 Å². The summed E-state index contributed by atoms with van der Waals surface area (Å²) >= 11 is 5.76. The van der Waals surface area contributed by atoms with Crippen LogP contribution in [0.2, 0.25) is 0 Å². The Kier molecular flexibility index (Phi) is 3.74. The van der Waals surface area contributed by atoms with Crippen molar-refractivity contribution in [2.75, 3.05) is 19.0 Å². The van der Waals surface area contributed by atoms with Crippen molar-refractivity contribution in [3.05, 3.63) is 23.7 Å². The molecular weight excluding hydrogens is 242 g/mol. The van der Waals surface area contributed by atoms with Crippen LogP contribution < -0.4 is 0 Å². The van der Waals surface area contributed by atoms with Gasteiger partial charge in [0.25, 0.3) is 5.91 Å². The van der Waals surface area contributed by atoms with E-state index in [0.29, 0.717) is 24.8 Å². The second-order valence-electron chi connectivity index (χ2n) is 4.33. The van der Waals surface area contributed by atoms with Crippen molar-refractivity contribution in [2.24, 2.45) is 0 Å². The van der Waals surface area contributed by atoms with Crippen molar-refractivity contribution in [3.8, 4) is 0 Å².